The van der Waals surface area contributed by atoms with Crippen molar-refractivity contribution in [3.05, 3.63) is 0 Å². The molecule has 0 heterocycles. The van der Waals surface area contributed by atoms with Crippen molar-refractivity contribution in [2.24, 2.45) is 0 Å². The second kappa shape index (κ2) is 9.59. The van der Waals surface area contributed by atoms with E-state index in [0.29, 0.717) is 13.8 Å². The summed E-state index contributed by atoms with van der Waals surface area (Å²) >= 11 is 0.897. The first-order chi connectivity index (χ1) is 11.1. The van der Waals surface area contributed by atoms with Gasteiger partial charge in [0.15, 0.2) is 0 Å². The molecule has 11 heteroatoms. The van der Waals surface area contributed by atoms with Crippen LogP contribution < -0.4 is 0 Å². The summed E-state index contributed by atoms with van der Waals surface area (Å²) in [5.74, 6) is -0.188. The highest BCUT2D eigenvalue weighted by Crippen LogP contribution is 2.37. The number of aliphatic hydroxyl groups excluding tert-OH is 1. The Hall–Kier alpha value is -0.290. The van der Waals surface area contributed by atoms with Crippen LogP contribution in [-0.2, 0) is 4.74 Å². The number of hydrogen-bond donors (Lipinski definition) is 1. The summed E-state index contributed by atoms with van der Waals surface area (Å²) in [7, 11) is 0. The van der Waals surface area contributed by atoms with E-state index in [4.69, 9.17) is 4.74 Å². The molecule has 0 rings (SSSR count). The molecule has 0 aromatic carbocycles. The van der Waals surface area contributed by atoms with Gasteiger partial charge >= 0.3 is 12.4 Å². The quantitative estimate of drug-likeness (QED) is 0.393. The molecule has 0 aliphatic heterocycles. The minimum Gasteiger partial charge on any atom is -0.390 e. The van der Waals surface area contributed by atoms with Crippen LogP contribution in [0.3, 0.4) is 0 Å². The number of thioether (sulfide) groups is 1. The molecule has 0 aliphatic carbocycles. The van der Waals surface area contributed by atoms with E-state index >= 15 is 0 Å². The first kappa shape index (κ1) is 24.7. The number of aliphatic hydroxyl groups is 1. The van der Waals surface area contributed by atoms with Crippen LogP contribution in [0.5, 0.6) is 0 Å². The topological polar surface area (TPSA) is 29.5 Å². The van der Waals surface area contributed by atoms with Gasteiger partial charge in [-0.25, -0.2) is 8.78 Å². The van der Waals surface area contributed by atoms with Crippen LogP contribution in [0.15, 0.2) is 0 Å². The number of rotatable bonds is 11. The Kier molecular flexibility index (Phi) is 9.48. The lowest BCUT2D eigenvalue weighted by Crippen LogP contribution is -2.38. The van der Waals surface area contributed by atoms with Crippen molar-refractivity contribution in [1.82, 2.24) is 0 Å². The summed E-state index contributed by atoms with van der Waals surface area (Å²) < 4.78 is 105. The third kappa shape index (κ3) is 9.28. The van der Waals surface area contributed by atoms with E-state index in [1.165, 1.54) is 0 Å². The molecule has 0 aromatic heterocycles. The molecule has 0 bridgehead atoms. The molecular weight excluding hydrogens is 384 g/mol. The molecule has 3 unspecified atom stereocenters. The van der Waals surface area contributed by atoms with Gasteiger partial charge in [0.2, 0.25) is 11.3 Å². The minimum absolute atomic E-state index is 0.0166. The number of alkyl halides is 8. The normalized spacial score (nSPS) is 19.3. The van der Waals surface area contributed by atoms with Gasteiger partial charge < -0.3 is 9.84 Å². The van der Waals surface area contributed by atoms with Crippen molar-refractivity contribution < 1.29 is 45.0 Å². The maximum Gasteiger partial charge on any atom is 0.422 e. The third-order valence-electron chi connectivity index (χ3n) is 3.45. The Morgan fingerprint density at radius 1 is 0.880 bits per heavy atom. The van der Waals surface area contributed by atoms with Crippen molar-refractivity contribution >= 4 is 11.8 Å². The van der Waals surface area contributed by atoms with Crippen molar-refractivity contribution in [1.29, 1.82) is 0 Å². The molecule has 0 aromatic rings. The molecule has 0 amide bonds. The Bertz CT molecular complexity index is 382. The van der Waals surface area contributed by atoms with Crippen LogP contribution in [0, 0.1) is 0 Å². The van der Waals surface area contributed by atoms with Crippen LogP contribution in [0.25, 0.3) is 0 Å². The Labute approximate surface area is 145 Å². The van der Waals surface area contributed by atoms with Gasteiger partial charge in [0.25, 0.3) is 0 Å². The first-order valence-corrected chi connectivity index (χ1v) is 8.60. The molecule has 0 saturated carbocycles. The lowest BCUT2D eigenvalue weighted by molar-refractivity contribution is -0.226. The van der Waals surface area contributed by atoms with Gasteiger partial charge in [-0.2, -0.15) is 38.1 Å². The maximum absolute atomic E-state index is 13.3. The van der Waals surface area contributed by atoms with Gasteiger partial charge in [0.05, 0.1) is 12.7 Å². The molecule has 0 fully saturated rings. The molecule has 1 N–H and O–H groups in total. The molecule has 2 nitrogen and oxygen atoms in total. The number of hydrogen-bond acceptors (Lipinski definition) is 3. The van der Waals surface area contributed by atoms with E-state index in [9.17, 15) is 40.2 Å². The SMILES string of the molecule is CC(F)(CCCOCC(O)CSCCC(C)(F)C(F)(F)F)C(F)(F)F. The van der Waals surface area contributed by atoms with E-state index in [-0.39, 0.29) is 31.1 Å². The average Bonchev–Trinajstić information content (AvgIpc) is 2.40. The van der Waals surface area contributed by atoms with Crippen molar-refractivity contribution in [2.75, 3.05) is 24.7 Å². The summed E-state index contributed by atoms with van der Waals surface area (Å²) in [6.45, 7) is 0.410. The van der Waals surface area contributed by atoms with Gasteiger partial charge in [-0.15, -0.1) is 0 Å². The zero-order valence-corrected chi connectivity index (χ0v) is 14.6. The smallest absolute Gasteiger partial charge is 0.390 e. The summed E-state index contributed by atoms with van der Waals surface area (Å²) in [5.41, 5.74) is -6.62. The predicted octanol–water partition coefficient (Wildman–Crippen LogP) is 4.85. The van der Waals surface area contributed by atoms with Crippen LogP contribution in [0.4, 0.5) is 35.1 Å². The minimum atomic E-state index is -4.97. The lowest BCUT2D eigenvalue weighted by Gasteiger charge is -2.23. The van der Waals surface area contributed by atoms with Crippen LogP contribution in [0.1, 0.15) is 33.1 Å². The summed E-state index contributed by atoms with van der Waals surface area (Å²) in [6.07, 6.45) is -12.8. The zero-order chi connectivity index (χ0) is 19.9. The maximum atomic E-state index is 13.3. The standard InChI is InChI=1S/C14H22F8O2S/c1-11(15,13(17,18)19)4-3-6-24-8-10(23)9-25-7-5-12(2,16)14(20,21)22/h10,23H,3-9H2,1-2H3. The predicted molar refractivity (Wildman–Crippen MR) is 79.1 cm³/mol. The van der Waals surface area contributed by atoms with Crippen LogP contribution in [0.2, 0.25) is 0 Å². The molecule has 152 valence electrons. The van der Waals surface area contributed by atoms with Gasteiger partial charge in [-0.05, 0) is 38.9 Å². The fraction of sp³-hybridized carbons (Fsp3) is 1.00. The number of ether oxygens (including phenoxy) is 1. The van der Waals surface area contributed by atoms with Gasteiger partial charge in [-0.1, -0.05) is 0 Å². The fourth-order valence-electron chi connectivity index (χ4n) is 1.54. The van der Waals surface area contributed by atoms with Gasteiger partial charge in [0.1, 0.15) is 0 Å². The second-order valence-corrected chi connectivity index (χ2v) is 7.20. The Morgan fingerprint density at radius 3 is 1.84 bits per heavy atom. The molecule has 0 aliphatic rings. The first-order valence-electron chi connectivity index (χ1n) is 7.45. The van der Waals surface area contributed by atoms with E-state index in [0.717, 1.165) is 11.8 Å². The van der Waals surface area contributed by atoms with Gasteiger partial charge in [-0.3, -0.25) is 0 Å². The third-order valence-corrected chi connectivity index (χ3v) is 4.57. The van der Waals surface area contributed by atoms with E-state index in [1.54, 1.807) is 0 Å². The molecule has 0 saturated heterocycles. The highest BCUT2D eigenvalue weighted by molar-refractivity contribution is 7.99. The van der Waals surface area contributed by atoms with Crippen LogP contribution >= 0.6 is 11.8 Å². The Morgan fingerprint density at radius 2 is 1.36 bits per heavy atom. The lowest BCUT2D eigenvalue weighted by atomic mass is 10.0. The average molecular weight is 406 g/mol. The molecule has 0 spiro atoms. The van der Waals surface area contributed by atoms with Crippen molar-refractivity contribution in [3.63, 3.8) is 0 Å². The molecule has 25 heavy (non-hydrogen) atoms. The molecule has 0 radical (unpaired) electrons. The monoisotopic (exact) mass is 406 g/mol. The van der Waals surface area contributed by atoms with Crippen LogP contribution in [-0.4, -0.2) is 59.6 Å². The largest absolute Gasteiger partial charge is 0.422 e. The van der Waals surface area contributed by atoms with E-state index in [2.05, 4.69) is 0 Å². The molecular formula is C14H22F8O2S. The highest BCUT2D eigenvalue weighted by atomic mass is 32.2. The van der Waals surface area contributed by atoms with Crippen molar-refractivity contribution in [3.8, 4) is 0 Å². The number of halogens is 8. The Balaban J connectivity index is 3.81. The second-order valence-electron chi connectivity index (χ2n) is 6.05. The van der Waals surface area contributed by atoms with Crippen molar-refractivity contribution in [2.45, 2.75) is 62.9 Å². The summed E-state index contributed by atoms with van der Waals surface area (Å²) in [4.78, 5) is 0. The van der Waals surface area contributed by atoms with Gasteiger partial charge in [0, 0.05) is 12.4 Å². The summed E-state index contributed by atoms with van der Waals surface area (Å²) in [6, 6.07) is 0. The fourth-order valence-corrected chi connectivity index (χ4v) is 2.60. The van der Waals surface area contributed by atoms with E-state index in [1.807, 2.05) is 0 Å². The highest BCUT2D eigenvalue weighted by Gasteiger charge is 2.52. The molecule has 3 atom stereocenters. The zero-order valence-electron chi connectivity index (χ0n) is 13.8. The summed E-state index contributed by atoms with van der Waals surface area (Å²) in [5, 5.41) is 9.51. The van der Waals surface area contributed by atoms with E-state index < -0.39 is 42.6 Å².